The van der Waals surface area contributed by atoms with Crippen LogP contribution in [0.25, 0.3) is 11.1 Å². The number of nitrogens with zero attached hydrogens (tertiary/aromatic N) is 3. The molecule has 0 fully saturated rings. The first-order valence-corrected chi connectivity index (χ1v) is 12.0. The topological polar surface area (TPSA) is 105 Å². The van der Waals surface area contributed by atoms with E-state index in [0.29, 0.717) is 28.0 Å². The number of pyridine rings is 1. The highest BCUT2D eigenvalue weighted by molar-refractivity contribution is 7.93. The Morgan fingerprint density at radius 3 is 2.55 bits per heavy atom. The summed E-state index contributed by atoms with van der Waals surface area (Å²) in [6, 6.07) is 14.7. The van der Waals surface area contributed by atoms with Gasteiger partial charge < -0.3 is 9.84 Å². The molecule has 0 spiro atoms. The molecule has 0 saturated carbocycles. The first kappa shape index (κ1) is 22.8. The van der Waals surface area contributed by atoms with Crippen LogP contribution in [0.4, 0.5) is 11.4 Å². The predicted molar refractivity (Wildman–Crippen MR) is 127 cm³/mol. The first-order valence-electron chi connectivity index (χ1n) is 10.1. The molecule has 2 aromatic heterocycles. The highest BCUT2D eigenvalue weighted by atomic mass is 35.5. The Morgan fingerprint density at radius 2 is 1.85 bits per heavy atom. The lowest BCUT2D eigenvalue weighted by molar-refractivity contribution is 0.102. The maximum absolute atomic E-state index is 13.4. The summed E-state index contributed by atoms with van der Waals surface area (Å²) in [5.74, 6) is -0.446. The number of amides is 1. The first-order chi connectivity index (χ1) is 15.7. The van der Waals surface area contributed by atoms with Crippen LogP contribution in [0.15, 0.2) is 64.0 Å². The van der Waals surface area contributed by atoms with Gasteiger partial charge in [0.15, 0.2) is 0 Å². The number of para-hydroxylation sites is 1. The fourth-order valence-corrected chi connectivity index (χ4v) is 5.56. The summed E-state index contributed by atoms with van der Waals surface area (Å²) in [5, 5.41) is 7.19. The summed E-state index contributed by atoms with van der Waals surface area (Å²) in [5.41, 5.74) is 2.51. The van der Waals surface area contributed by atoms with Crippen LogP contribution < -0.4 is 9.62 Å². The summed E-state index contributed by atoms with van der Waals surface area (Å²) in [6.07, 6.45) is 0. The van der Waals surface area contributed by atoms with Crippen molar-refractivity contribution in [3.05, 3.63) is 76.6 Å². The molecular weight excluding hydrogens is 464 g/mol. The van der Waals surface area contributed by atoms with Crippen molar-refractivity contribution in [2.45, 2.75) is 25.7 Å². The van der Waals surface area contributed by atoms with Crippen LogP contribution in [0.3, 0.4) is 0 Å². The van der Waals surface area contributed by atoms with Crippen LogP contribution in [0.5, 0.6) is 0 Å². The minimum Gasteiger partial charge on any atom is -0.336 e. The van der Waals surface area contributed by atoms with Gasteiger partial charge in [0.2, 0.25) is 0 Å². The van der Waals surface area contributed by atoms with E-state index < -0.39 is 15.9 Å². The van der Waals surface area contributed by atoms with Crippen molar-refractivity contribution >= 4 is 50.0 Å². The van der Waals surface area contributed by atoms with Gasteiger partial charge in [-0.25, -0.2) is 13.4 Å². The molecular formula is C23H21ClN4O4S. The smallest absolute Gasteiger partial charge is 0.265 e. The Hall–Kier alpha value is -3.43. The number of hydrogen-bond donors (Lipinski definition) is 1. The summed E-state index contributed by atoms with van der Waals surface area (Å²) in [6.45, 7) is 5.40. The van der Waals surface area contributed by atoms with E-state index in [9.17, 15) is 13.2 Å². The molecule has 0 aliphatic rings. The molecule has 33 heavy (non-hydrogen) atoms. The number of aryl methyl sites for hydroxylation is 2. The molecule has 0 saturated heterocycles. The van der Waals surface area contributed by atoms with Gasteiger partial charge in [0.1, 0.15) is 4.90 Å². The predicted octanol–water partition coefficient (Wildman–Crippen LogP) is 4.96. The number of nitrogens with one attached hydrogen (secondary N) is 1. The number of benzene rings is 2. The van der Waals surface area contributed by atoms with Crippen molar-refractivity contribution < 1.29 is 17.7 Å². The van der Waals surface area contributed by atoms with Gasteiger partial charge in [-0.1, -0.05) is 35.0 Å². The van der Waals surface area contributed by atoms with Crippen molar-refractivity contribution in [3.63, 3.8) is 0 Å². The number of hydrogen-bond acceptors (Lipinski definition) is 6. The van der Waals surface area contributed by atoms with Gasteiger partial charge in [0.25, 0.3) is 21.6 Å². The molecule has 4 rings (SSSR count). The average Bonchev–Trinajstić information content (AvgIpc) is 3.15. The van der Waals surface area contributed by atoms with E-state index >= 15 is 0 Å². The third kappa shape index (κ3) is 4.29. The van der Waals surface area contributed by atoms with E-state index in [0.717, 1.165) is 0 Å². The Kier molecular flexibility index (Phi) is 6.09. The second-order valence-electron chi connectivity index (χ2n) is 7.36. The molecule has 2 aromatic carbocycles. The minimum atomic E-state index is -3.98. The molecule has 0 aliphatic carbocycles. The highest BCUT2D eigenvalue weighted by Crippen LogP contribution is 2.31. The van der Waals surface area contributed by atoms with Gasteiger partial charge in [-0.3, -0.25) is 9.10 Å². The second kappa shape index (κ2) is 8.84. The number of carbonyl (C=O) groups excluding carboxylic acids is 1. The minimum absolute atomic E-state index is 0.0550. The lowest BCUT2D eigenvalue weighted by Crippen LogP contribution is -2.31. The van der Waals surface area contributed by atoms with E-state index in [2.05, 4.69) is 15.5 Å². The maximum Gasteiger partial charge on any atom is 0.265 e. The van der Waals surface area contributed by atoms with Gasteiger partial charge in [-0.2, -0.15) is 0 Å². The molecule has 170 valence electrons. The number of aromatic nitrogens is 2. The number of carbonyl (C=O) groups is 1. The zero-order chi connectivity index (χ0) is 23.8. The van der Waals surface area contributed by atoms with Crippen molar-refractivity contribution in [3.8, 4) is 0 Å². The van der Waals surface area contributed by atoms with Gasteiger partial charge in [-0.05, 0) is 57.2 Å². The molecule has 0 radical (unpaired) electrons. The number of halogens is 1. The lowest BCUT2D eigenvalue weighted by Gasteiger charge is -2.23. The monoisotopic (exact) mass is 484 g/mol. The summed E-state index contributed by atoms with van der Waals surface area (Å²) < 4.78 is 33.3. The van der Waals surface area contributed by atoms with E-state index in [-0.39, 0.29) is 27.9 Å². The molecule has 0 aliphatic heterocycles. The van der Waals surface area contributed by atoms with Gasteiger partial charge in [0.05, 0.1) is 27.4 Å². The standard InChI is InChI=1S/C23H21ClN4O4S/c1-4-28(17-8-6-5-7-9-17)33(30,31)20-13-16(10-11-19(20)24)26-22(29)18-12-14(2)25-23-21(18)15(3)27-32-23/h5-13H,4H2,1-3H3,(H,26,29). The van der Waals surface area contributed by atoms with Crippen LogP contribution >= 0.6 is 11.6 Å². The Balaban J connectivity index is 1.71. The number of fused-ring (bicyclic) bond motifs is 1. The fourth-order valence-electron chi connectivity index (χ4n) is 3.58. The van der Waals surface area contributed by atoms with Crippen LogP contribution in [0, 0.1) is 13.8 Å². The normalized spacial score (nSPS) is 11.5. The van der Waals surface area contributed by atoms with E-state index in [4.69, 9.17) is 16.1 Å². The summed E-state index contributed by atoms with van der Waals surface area (Å²) in [7, 11) is -3.98. The van der Waals surface area contributed by atoms with Crippen molar-refractivity contribution in [2.24, 2.45) is 0 Å². The third-order valence-corrected chi connectivity index (χ3v) is 7.46. The van der Waals surface area contributed by atoms with Crippen molar-refractivity contribution in [1.29, 1.82) is 0 Å². The number of sulfonamides is 1. The SMILES string of the molecule is CCN(c1ccccc1)S(=O)(=O)c1cc(NC(=O)c2cc(C)nc3onc(C)c23)ccc1Cl. The van der Waals surface area contributed by atoms with Gasteiger partial charge in [0, 0.05) is 17.9 Å². The van der Waals surface area contributed by atoms with Gasteiger partial charge >= 0.3 is 0 Å². The molecule has 8 nitrogen and oxygen atoms in total. The average molecular weight is 485 g/mol. The molecule has 10 heteroatoms. The molecule has 0 bridgehead atoms. The maximum atomic E-state index is 13.4. The van der Waals surface area contributed by atoms with E-state index in [1.54, 1.807) is 57.2 Å². The molecule has 0 unspecified atom stereocenters. The van der Waals surface area contributed by atoms with Crippen LogP contribution in [0.2, 0.25) is 5.02 Å². The van der Waals surface area contributed by atoms with Crippen molar-refractivity contribution in [1.82, 2.24) is 10.1 Å². The van der Waals surface area contributed by atoms with Gasteiger partial charge in [-0.15, -0.1) is 0 Å². The van der Waals surface area contributed by atoms with E-state index in [1.165, 1.54) is 16.4 Å². The lowest BCUT2D eigenvalue weighted by atomic mass is 10.1. The number of rotatable bonds is 6. The molecule has 1 amide bonds. The van der Waals surface area contributed by atoms with E-state index in [1.807, 2.05) is 6.07 Å². The highest BCUT2D eigenvalue weighted by Gasteiger charge is 2.27. The Bertz CT molecular complexity index is 1450. The fraction of sp³-hybridized carbons (Fsp3) is 0.174. The Morgan fingerprint density at radius 1 is 1.12 bits per heavy atom. The second-order valence-corrected chi connectivity index (χ2v) is 9.60. The third-order valence-electron chi connectivity index (χ3n) is 5.08. The summed E-state index contributed by atoms with van der Waals surface area (Å²) in [4.78, 5) is 17.2. The Labute approximate surface area is 196 Å². The van der Waals surface area contributed by atoms with Crippen LogP contribution in [-0.4, -0.2) is 31.0 Å². The zero-order valence-electron chi connectivity index (χ0n) is 18.2. The summed E-state index contributed by atoms with van der Waals surface area (Å²) >= 11 is 6.28. The molecule has 1 N–H and O–H groups in total. The van der Waals surface area contributed by atoms with Crippen LogP contribution in [-0.2, 0) is 10.0 Å². The quantitative estimate of drug-likeness (QED) is 0.414. The molecule has 0 atom stereocenters. The molecule has 4 aromatic rings. The van der Waals surface area contributed by atoms with Crippen LogP contribution in [0.1, 0.15) is 28.7 Å². The largest absolute Gasteiger partial charge is 0.336 e. The number of anilines is 2. The van der Waals surface area contributed by atoms with Crippen molar-refractivity contribution in [2.75, 3.05) is 16.2 Å². The molecule has 2 heterocycles. The zero-order valence-corrected chi connectivity index (χ0v) is 19.7.